The van der Waals surface area contributed by atoms with Crippen LogP contribution in [0, 0.1) is 11.3 Å². The van der Waals surface area contributed by atoms with Gasteiger partial charge in [-0.05, 0) is 12.1 Å². The number of rotatable bonds is 3. The minimum Gasteiger partial charge on any atom is -0.330 e. The summed E-state index contributed by atoms with van der Waals surface area (Å²) in [6.07, 6.45) is 0.349. The van der Waals surface area contributed by atoms with Crippen molar-refractivity contribution in [1.82, 2.24) is 9.55 Å². The van der Waals surface area contributed by atoms with Gasteiger partial charge in [-0.3, -0.25) is 4.79 Å². The highest BCUT2D eigenvalue weighted by Crippen LogP contribution is 2.21. The zero-order valence-corrected chi connectivity index (χ0v) is 9.84. The lowest BCUT2D eigenvalue weighted by Gasteiger charge is -2.06. The Kier molecular flexibility index (Phi) is 2.92. The monoisotopic (exact) mass is 227 g/mol. The Labute approximate surface area is 99.5 Å². The predicted molar refractivity (Wildman–Crippen MR) is 64.4 cm³/mol. The van der Waals surface area contributed by atoms with Crippen molar-refractivity contribution in [1.29, 1.82) is 5.26 Å². The third-order valence-corrected chi connectivity index (χ3v) is 2.88. The van der Waals surface area contributed by atoms with Gasteiger partial charge >= 0.3 is 0 Å². The van der Waals surface area contributed by atoms with Crippen molar-refractivity contribution in [3.8, 4) is 6.07 Å². The maximum atomic E-state index is 11.7. The number of carbonyl (C=O) groups excluding carboxylic acids is 1. The number of fused-ring (bicyclic) bond motifs is 1. The second kappa shape index (κ2) is 4.38. The Balaban J connectivity index is 2.59. The van der Waals surface area contributed by atoms with Gasteiger partial charge in [0.2, 0.25) is 0 Å². The number of hydrogen-bond donors (Lipinski definition) is 0. The molecule has 1 atom stereocenters. The molecule has 0 aliphatic rings. The smallest absolute Gasteiger partial charge is 0.162 e. The van der Waals surface area contributed by atoms with E-state index in [-0.39, 0.29) is 5.78 Å². The third kappa shape index (κ3) is 1.80. The number of para-hydroxylation sites is 2. The summed E-state index contributed by atoms with van der Waals surface area (Å²) in [6.45, 7) is 1.76. The molecule has 0 fully saturated rings. The molecule has 2 aromatic rings. The van der Waals surface area contributed by atoms with Crippen LogP contribution in [0.1, 0.15) is 25.1 Å². The molecule has 1 aromatic heterocycles. The van der Waals surface area contributed by atoms with E-state index in [9.17, 15) is 4.79 Å². The third-order valence-electron chi connectivity index (χ3n) is 2.88. The lowest BCUT2D eigenvalue weighted by molar-refractivity contribution is -0.119. The van der Waals surface area contributed by atoms with Gasteiger partial charge in [-0.2, -0.15) is 5.26 Å². The first-order valence-electron chi connectivity index (χ1n) is 5.52. The minimum absolute atomic E-state index is 0.0918. The van der Waals surface area contributed by atoms with Crippen LogP contribution >= 0.6 is 0 Å². The quantitative estimate of drug-likeness (QED) is 0.807. The molecule has 0 saturated heterocycles. The number of benzene rings is 1. The Bertz CT molecular complexity index is 607. The SMILES string of the molecule is CCC(=O)C(C#N)c1nc2ccccc2n1C. The molecule has 1 heterocycles. The second-order valence-electron chi connectivity index (χ2n) is 3.90. The van der Waals surface area contributed by atoms with E-state index in [0.717, 1.165) is 11.0 Å². The number of carbonyl (C=O) groups is 1. The van der Waals surface area contributed by atoms with Gasteiger partial charge in [0, 0.05) is 13.5 Å². The fourth-order valence-electron chi connectivity index (χ4n) is 1.90. The summed E-state index contributed by atoms with van der Waals surface area (Å²) in [4.78, 5) is 16.1. The zero-order chi connectivity index (χ0) is 12.4. The molecule has 0 aliphatic carbocycles. The Hall–Kier alpha value is -2.15. The van der Waals surface area contributed by atoms with Crippen LogP contribution in [0.3, 0.4) is 0 Å². The highest BCUT2D eigenvalue weighted by atomic mass is 16.1. The highest BCUT2D eigenvalue weighted by Gasteiger charge is 2.23. The van der Waals surface area contributed by atoms with Crippen LogP contribution in [0.4, 0.5) is 0 Å². The summed E-state index contributed by atoms with van der Waals surface area (Å²) in [5.74, 6) is -0.330. The van der Waals surface area contributed by atoms with Crippen molar-refractivity contribution in [3.05, 3.63) is 30.1 Å². The summed E-state index contributed by atoms with van der Waals surface area (Å²) in [5.41, 5.74) is 1.75. The molecular formula is C13H13N3O. The van der Waals surface area contributed by atoms with Gasteiger partial charge in [-0.25, -0.2) is 4.98 Å². The predicted octanol–water partition coefficient (Wildman–Crippen LogP) is 2.16. The number of aryl methyl sites for hydroxylation is 1. The van der Waals surface area contributed by atoms with E-state index in [1.54, 1.807) is 6.92 Å². The molecule has 1 aromatic carbocycles. The molecule has 86 valence electrons. The number of nitrogens with zero attached hydrogens (tertiary/aromatic N) is 3. The molecular weight excluding hydrogens is 214 g/mol. The van der Waals surface area contributed by atoms with Gasteiger partial charge in [0.05, 0.1) is 17.1 Å². The van der Waals surface area contributed by atoms with Crippen molar-refractivity contribution >= 4 is 16.8 Å². The van der Waals surface area contributed by atoms with E-state index in [2.05, 4.69) is 4.98 Å². The van der Waals surface area contributed by atoms with Crippen molar-refractivity contribution in [2.45, 2.75) is 19.3 Å². The first kappa shape index (κ1) is 11.3. The molecule has 0 aliphatic heterocycles. The van der Waals surface area contributed by atoms with E-state index >= 15 is 0 Å². The number of aromatic nitrogens is 2. The molecule has 4 heteroatoms. The molecule has 2 rings (SSSR count). The minimum atomic E-state index is -0.766. The molecule has 0 N–H and O–H groups in total. The van der Waals surface area contributed by atoms with Crippen molar-refractivity contribution in [2.75, 3.05) is 0 Å². The topological polar surface area (TPSA) is 58.7 Å². The van der Waals surface area contributed by atoms with Crippen LogP contribution in [-0.4, -0.2) is 15.3 Å². The first-order chi connectivity index (χ1) is 8.19. The van der Waals surface area contributed by atoms with Crippen LogP contribution in [0.15, 0.2) is 24.3 Å². The molecule has 0 amide bonds. The zero-order valence-electron chi connectivity index (χ0n) is 9.84. The van der Waals surface area contributed by atoms with Crippen LogP contribution in [0.2, 0.25) is 0 Å². The van der Waals surface area contributed by atoms with Crippen LogP contribution in [0.25, 0.3) is 11.0 Å². The van der Waals surface area contributed by atoms with Crippen LogP contribution in [0.5, 0.6) is 0 Å². The molecule has 0 radical (unpaired) electrons. The average Bonchev–Trinajstić information content (AvgIpc) is 2.68. The van der Waals surface area contributed by atoms with Crippen molar-refractivity contribution < 1.29 is 4.79 Å². The summed E-state index contributed by atoms with van der Waals surface area (Å²) in [5, 5.41) is 9.11. The van der Waals surface area contributed by atoms with E-state index in [1.807, 2.05) is 41.9 Å². The normalized spacial score (nSPS) is 12.3. The Morgan fingerprint density at radius 2 is 2.24 bits per heavy atom. The molecule has 0 spiro atoms. The fraction of sp³-hybridized carbons (Fsp3) is 0.308. The number of nitriles is 1. The van der Waals surface area contributed by atoms with E-state index in [1.165, 1.54) is 0 Å². The molecule has 4 nitrogen and oxygen atoms in total. The molecule has 17 heavy (non-hydrogen) atoms. The van der Waals surface area contributed by atoms with Crippen molar-refractivity contribution in [2.24, 2.45) is 7.05 Å². The Morgan fingerprint density at radius 1 is 1.53 bits per heavy atom. The maximum Gasteiger partial charge on any atom is 0.162 e. The maximum absolute atomic E-state index is 11.7. The standard InChI is InChI=1S/C13H13N3O/c1-3-12(17)9(8-14)13-15-10-6-4-5-7-11(10)16(13)2/h4-7,9H,3H2,1-2H3. The number of Topliss-reactive ketones (excluding diaryl/α,β-unsaturated/α-hetero) is 1. The van der Waals surface area contributed by atoms with Gasteiger partial charge in [-0.1, -0.05) is 19.1 Å². The number of imidazole rings is 1. The average molecular weight is 227 g/mol. The summed E-state index contributed by atoms with van der Waals surface area (Å²) >= 11 is 0. The van der Waals surface area contributed by atoms with E-state index in [0.29, 0.717) is 12.2 Å². The van der Waals surface area contributed by atoms with Crippen LogP contribution in [-0.2, 0) is 11.8 Å². The van der Waals surface area contributed by atoms with E-state index in [4.69, 9.17) is 5.26 Å². The van der Waals surface area contributed by atoms with Gasteiger partial charge in [0.1, 0.15) is 5.82 Å². The Morgan fingerprint density at radius 3 is 2.82 bits per heavy atom. The first-order valence-corrected chi connectivity index (χ1v) is 5.52. The largest absolute Gasteiger partial charge is 0.330 e. The van der Waals surface area contributed by atoms with Gasteiger partial charge in [0.25, 0.3) is 0 Å². The summed E-state index contributed by atoms with van der Waals surface area (Å²) in [7, 11) is 1.83. The van der Waals surface area contributed by atoms with Gasteiger partial charge in [-0.15, -0.1) is 0 Å². The number of ketones is 1. The second-order valence-corrected chi connectivity index (χ2v) is 3.90. The summed E-state index contributed by atoms with van der Waals surface area (Å²) < 4.78 is 1.82. The number of hydrogen-bond acceptors (Lipinski definition) is 3. The lowest BCUT2D eigenvalue weighted by atomic mass is 10.0. The molecule has 0 saturated carbocycles. The molecule has 0 bridgehead atoms. The molecule has 1 unspecified atom stereocenters. The highest BCUT2D eigenvalue weighted by molar-refractivity contribution is 5.88. The van der Waals surface area contributed by atoms with Gasteiger partial charge in [0.15, 0.2) is 11.7 Å². The lowest BCUT2D eigenvalue weighted by Crippen LogP contribution is -2.14. The fourth-order valence-corrected chi connectivity index (χ4v) is 1.90. The summed E-state index contributed by atoms with van der Waals surface area (Å²) in [6, 6.07) is 9.65. The van der Waals surface area contributed by atoms with E-state index < -0.39 is 5.92 Å². The van der Waals surface area contributed by atoms with Crippen molar-refractivity contribution in [3.63, 3.8) is 0 Å². The van der Waals surface area contributed by atoms with Gasteiger partial charge < -0.3 is 4.57 Å². The van der Waals surface area contributed by atoms with Crippen LogP contribution < -0.4 is 0 Å².